The van der Waals surface area contributed by atoms with E-state index in [0.29, 0.717) is 22.8 Å². The predicted molar refractivity (Wildman–Crippen MR) is 122 cm³/mol. The Morgan fingerprint density at radius 2 is 1.61 bits per heavy atom. The Labute approximate surface area is 182 Å². The van der Waals surface area contributed by atoms with Crippen molar-refractivity contribution in [2.45, 2.75) is 6.54 Å². The van der Waals surface area contributed by atoms with Crippen LogP contribution in [0.4, 0.5) is 5.69 Å². The molecular weight excluding hydrogens is 414 g/mol. The number of benzene rings is 3. The van der Waals surface area contributed by atoms with Crippen molar-refractivity contribution in [1.29, 1.82) is 0 Å². The van der Waals surface area contributed by atoms with Gasteiger partial charge < -0.3 is 5.32 Å². The quantitative estimate of drug-likeness (QED) is 0.497. The summed E-state index contributed by atoms with van der Waals surface area (Å²) in [6, 6.07) is 23.3. The molecule has 0 bridgehead atoms. The molecule has 7 heteroatoms. The fourth-order valence-corrected chi connectivity index (χ4v) is 3.36. The van der Waals surface area contributed by atoms with E-state index in [1.165, 1.54) is 16.8 Å². The molecular formula is C24H18ClN3O3. The second-order valence-corrected chi connectivity index (χ2v) is 7.42. The van der Waals surface area contributed by atoms with E-state index >= 15 is 0 Å². The van der Waals surface area contributed by atoms with Crippen molar-refractivity contribution in [3.63, 3.8) is 0 Å². The monoisotopic (exact) mass is 431 g/mol. The van der Waals surface area contributed by atoms with E-state index in [0.717, 1.165) is 16.7 Å². The fourth-order valence-electron chi connectivity index (χ4n) is 3.17. The summed E-state index contributed by atoms with van der Waals surface area (Å²) in [6.07, 6.45) is 1.45. The van der Waals surface area contributed by atoms with Gasteiger partial charge in [-0.05, 0) is 53.1 Å². The lowest BCUT2D eigenvalue weighted by molar-refractivity contribution is 0.102. The molecule has 0 aliphatic heterocycles. The normalized spacial score (nSPS) is 10.6. The number of amides is 1. The molecule has 1 aromatic heterocycles. The number of anilines is 1. The van der Waals surface area contributed by atoms with Gasteiger partial charge in [-0.1, -0.05) is 48.0 Å². The second-order valence-electron chi connectivity index (χ2n) is 6.98. The lowest BCUT2D eigenvalue weighted by Crippen LogP contribution is -2.28. The smallest absolute Gasteiger partial charge is 0.322 e. The molecule has 0 aliphatic carbocycles. The fraction of sp³-hybridized carbons (Fsp3) is 0.0417. The Hall–Kier alpha value is -3.90. The average molecular weight is 432 g/mol. The van der Waals surface area contributed by atoms with Gasteiger partial charge in [-0.2, -0.15) is 0 Å². The van der Waals surface area contributed by atoms with Gasteiger partial charge in [-0.15, -0.1) is 0 Å². The number of hydrogen-bond donors (Lipinski definition) is 2. The van der Waals surface area contributed by atoms with E-state index in [1.807, 2.05) is 48.5 Å². The lowest BCUT2D eigenvalue weighted by atomic mass is 10.0. The van der Waals surface area contributed by atoms with E-state index in [2.05, 4.69) is 10.3 Å². The zero-order chi connectivity index (χ0) is 21.8. The van der Waals surface area contributed by atoms with Gasteiger partial charge in [0.1, 0.15) is 0 Å². The van der Waals surface area contributed by atoms with Crippen LogP contribution < -0.4 is 16.6 Å². The molecule has 0 saturated heterocycles. The van der Waals surface area contributed by atoms with Crippen molar-refractivity contribution in [3.8, 4) is 11.1 Å². The summed E-state index contributed by atoms with van der Waals surface area (Å²) in [7, 11) is 0. The van der Waals surface area contributed by atoms with E-state index in [4.69, 9.17) is 11.6 Å². The van der Waals surface area contributed by atoms with Crippen LogP contribution >= 0.6 is 11.6 Å². The van der Waals surface area contributed by atoms with Crippen LogP contribution in [0.25, 0.3) is 11.1 Å². The first-order valence-electron chi connectivity index (χ1n) is 9.54. The highest BCUT2D eigenvalue weighted by molar-refractivity contribution is 6.30. The van der Waals surface area contributed by atoms with E-state index in [9.17, 15) is 14.4 Å². The van der Waals surface area contributed by atoms with Gasteiger partial charge >= 0.3 is 5.69 Å². The first-order valence-corrected chi connectivity index (χ1v) is 9.92. The van der Waals surface area contributed by atoms with Crippen molar-refractivity contribution in [2.24, 2.45) is 0 Å². The van der Waals surface area contributed by atoms with Crippen LogP contribution in [-0.2, 0) is 6.54 Å². The number of halogens is 1. The molecule has 1 heterocycles. The molecule has 4 rings (SSSR count). The highest BCUT2D eigenvalue weighted by Crippen LogP contribution is 2.24. The van der Waals surface area contributed by atoms with Gasteiger partial charge in [-0.25, -0.2) is 4.79 Å². The molecule has 1 amide bonds. The van der Waals surface area contributed by atoms with Crippen LogP contribution in [0.2, 0.25) is 5.02 Å². The average Bonchev–Trinajstić information content (AvgIpc) is 2.77. The summed E-state index contributed by atoms with van der Waals surface area (Å²) in [5.74, 6) is -0.228. The molecule has 4 aromatic rings. The predicted octanol–water partition coefficient (Wildman–Crippen LogP) is 4.16. The zero-order valence-corrected chi connectivity index (χ0v) is 17.1. The molecule has 0 fully saturated rings. The minimum Gasteiger partial charge on any atom is -0.322 e. The van der Waals surface area contributed by atoms with Crippen molar-refractivity contribution in [2.75, 3.05) is 5.32 Å². The van der Waals surface area contributed by atoms with Crippen molar-refractivity contribution < 1.29 is 4.79 Å². The standard InChI is InChI=1S/C24H18ClN3O3/c25-20-6-2-4-18(14-20)17-3-1-5-19(13-17)23(30)26-21-9-7-16(8-10-21)15-28-12-11-22(29)27-24(28)31/h1-14H,15H2,(H,26,30)(H,27,29,31). The Bertz CT molecular complexity index is 1360. The van der Waals surface area contributed by atoms with Gasteiger partial charge in [0.15, 0.2) is 0 Å². The Kier molecular flexibility index (Phi) is 5.82. The van der Waals surface area contributed by atoms with Crippen LogP contribution in [0.3, 0.4) is 0 Å². The molecule has 154 valence electrons. The Morgan fingerprint density at radius 1 is 0.903 bits per heavy atom. The maximum absolute atomic E-state index is 12.7. The topological polar surface area (TPSA) is 84.0 Å². The second kappa shape index (κ2) is 8.85. The van der Waals surface area contributed by atoms with Gasteiger partial charge in [0, 0.05) is 28.5 Å². The highest BCUT2D eigenvalue weighted by atomic mass is 35.5. The minimum atomic E-state index is -0.468. The van der Waals surface area contributed by atoms with Crippen LogP contribution in [0.15, 0.2) is 94.6 Å². The van der Waals surface area contributed by atoms with Crippen LogP contribution in [0.5, 0.6) is 0 Å². The molecule has 2 N–H and O–H groups in total. The lowest BCUT2D eigenvalue weighted by Gasteiger charge is -2.09. The number of H-pyrrole nitrogens is 1. The molecule has 3 aromatic carbocycles. The van der Waals surface area contributed by atoms with Crippen LogP contribution in [-0.4, -0.2) is 15.5 Å². The highest BCUT2D eigenvalue weighted by Gasteiger charge is 2.08. The number of nitrogens with zero attached hydrogens (tertiary/aromatic N) is 1. The third-order valence-corrected chi connectivity index (χ3v) is 4.98. The minimum absolute atomic E-state index is 0.228. The van der Waals surface area contributed by atoms with Gasteiger partial charge in [-0.3, -0.25) is 19.1 Å². The summed E-state index contributed by atoms with van der Waals surface area (Å²) < 4.78 is 1.40. The Morgan fingerprint density at radius 3 is 2.32 bits per heavy atom. The van der Waals surface area contributed by atoms with Crippen molar-refractivity contribution >= 4 is 23.2 Å². The molecule has 31 heavy (non-hydrogen) atoms. The number of nitrogens with one attached hydrogen (secondary N) is 2. The van der Waals surface area contributed by atoms with Crippen molar-refractivity contribution in [3.05, 3.63) is 122 Å². The number of aromatic nitrogens is 2. The number of carbonyl (C=O) groups excluding carboxylic acids is 1. The largest absolute Gasteiger partial charge is 0.328 e. The van der Waals surface area contributed by atoms with Crippen molar-refractivity contribution in [1.82, 2.24) is 9.55 Å². The van der Waals surface area contributed by atoms with Gasteiger partial charge in [0.2, 0.25) is 0 Å². The van der Waals surface area contributed by atoms with E-state index in [-0.39, 0.29) is 5.91 Å². The van der Waals surface area contributed by atoms with E-state index in [1.54, 1.807) is 24.3 Å². The first-order chi connectivity index (χ1) is 15.0. The van der Waals surface area contributed by atoms with Gasteiger partial charge in [0.05, 0.1) is 6.54 Å². The number of hydrogen-bond acceptors (Lipinski definition) is 3. The number of aromatic amines is 1. The number of carbonyl (C=O) groups is 1. The van der Waals surface area contributed by atoms with Crippen LogP contribution in [0.1, 0.15) is 15.9 Å². The third-order valence-electron chi connectivity index (χ3n) is 4.74. The molecule has 0 spiro atoms. The first kappa shape index (κ1) is 20.4. The maximum Gasteiger partial charge on any atom is 0.328 e. The number of rotatable bonds is 5. The van der Waals surface area contributed by atoms with Crippen LogP contribution in [0, 0.1) is 0 Å². The maximum atomic E-state index is 12.7. The summed E-state index contributed by atoms with van der Waals surface area (Å²) >= 11 is 6.07. The van der Waals surface area contributed by atoms with E-state index < -0.39 is 11.2 Å². The third kappa shape index (κ3) is 4.99. The zero-order valence-electron chi connectivity index (χ0n) is 16.3. The summed E-state index contributed by atoms with van der Waals surface area (Å²) in [6.45, 7) is 0.311. The molecule has 0 saturated carbocycles. The molecule has 0 unspecified atom stereocenters. The Balaban J connectivity index is 1.47. The summed E-state index contributed by atoms with van der Waals surface area (Å²) in [4.78, 5) is 37.9. The summed E-state index contributed by atoms with van der Waals surface area (Å²) in [5, 5.41) is 3.51. The molecule has 6 nitrogen and oxygen atoms in total. The van der Waals surface area contributed by atoms with Gasteiger partial charge in [0.25, 0.3) is 11.5 Å². The molecule has 0 aliphatic rings. The molecule has 0 radical (unpaired) electrons. The molecule has 0 atom stereocenters. The SMILES string of the molecule is O=C(Nc1ccc(Cn2ccc(=O)[nH]c2=O)cc1)c1cccc(-c2cccc(Cl)c2)c1. The summed E-state index contributed by atoms with van der Waals surface area (Å²) in [5.41, 5.74) is 2.95.